The highest BCUT2D eigenvalue weighted by molar-refractivity contribution is 14.1. The Morgan fingerprint density at radius 2 is 1.60 bits per heavy atom. The number of carbonyl (C=O) groups is 1. The average Bonchev–Trinajstić information content (AvgIpc) is 3.40. The quantitative estimate of drug-likeness (QED) is 0.296. The number of methoxy groups -OCH3 is 1. The smallest absolute Gasteiger partial charge is 0.326 e. The normalized spacial score (nSPS) is 21.7. The molecular weight excluding hydrogens is 453 g/mol. The molecule has 0 aliphatic carbocycles. The number of alkyl halides is 1. The van der Waals surface area contributed by atoms with Gasteiger partial charge in [0, 0.05) is 0 Å². The number of carbonyl (C=O) groups excluding carboxylic acids is 1. The van der Waals surface area contributed by atoms with Crippen molar-refractivity contribution in [1.82, 2.24) is 4.31 Å². The first-order valence-electron chi connectivity index (χ1n) is 7.57. The monoisotopic (exact) mass is 473 g/mol. The van der Waals surface area contributed by atoms with E-state index in [1.807, 2.05) is 42.2 Å². The molecule has 0 radical (unpaired) electrons. The number of nitrogens with zero attached hydrogens (tertiary/aromatic N) is 1. The number of aryl methyl sites for hydroxylation is 1. The van der Waals surface area contributed by atoms with Gasteiger partial charge in [-0.05, 0) is 29.6 Å². The van der Waals surface area contributed by atoms with Crippen LogP contribution in [0.2, 0.25) is 0 Å². The molecule has 134 valence electrons. The summed E-state index contributed by atoms with van der Waals surface area (Å²) in [6.07, 6.45) is 0. The summed E-state index contributed by atoms with van der Waals surface area (Å²) in [6, 6.07) is 14.4. The van der Waals surface area contributed by atoms with Gasteiger partial charge in [-0.3, -0.25) is 4.79 Å². The third-order valence-electron chi connectivity index (χ3n) is 3.94. The molecule has 3 rings (SSSR count). The Balaban J connectivity index is 0.00000109. The third-order valence-corrected chi connectivity index (χ3v) is 5.82. The van der Waals surface area contributed by atoms with E-state index in [0.717, 1.165) is 11.1 Å². The fourth-order valence-electron chi connectivity index (χ4n) is 2.68. The topological polar surface area (TPSA) is 63.5 Å². The number of ether oxygens (including phenoxy) is 1. The minimum absolute atomic E-state index is 0.176. The molecule has 1 saturated heterocycles. The van der Waals surface area contributed by atoms with E-state index in [0.29, 0.717) is 0 Å². The number of hydrogen-bond donors (Lipinski definition) is 0. The Bertz CT molecular complexity index is 822. The van der Waals surface area contributed by atoms with Gasteiger partial charge in [-0.2, -0.15) is 4.31 Å². The van der Waals surface area contributed by atoms with Gasteiger partial charge in [0.1, 0.15) is 6.04 Å². The molecule has 1 fully saturated rings. The van der Waals surface area contributed by atoms with Crippen molar-refractivity contribution in [1.29, 1.82) is 0 Å². The Kier molecular flexibility index (Phi) is 6.59. The number of benzene rings is 2. The standard InChI is InChI=1S/C17H17NO4S.CH3I/c1-12-8-10-14(11-9-12)23(20,21)18-15(16(18)17(19)22-2)13-6-4-3-5-7-13;1-2/h3-11,15-16H,1-2H3;1H3. The maximum Gasteiger partial charge on any atom is 0.326 e. The predicted octanol–water partition coefficient (Wildman–Crippen LogP) is 3.33. The van der Waals surface area contributed by atoms with Gasteiger partial charge in [-0.15, -0.1) is 0 Å². The molecule has 3 atom stereocenters. The number of sulfonamides is 1. The fourth-order valence-corrected chi connectivity index (χ4v) is 4.38. The zero-order valence-corrected chi connectivity index (χ0v) is 17.2. The maximum absolute atomic E-state index is 12.8. The first-order valence-corrected chi connectivity index (χ1v) is 11.2. The van der Waals surface area contributed by atoms with Gasteiger partial charge < -0.3 is 4.74 Å². The lowest BCUT2D eigenvalue weighted by Gasteiger charge is -2.07. The fraction of sp³-hybridized carbons (Fsp3) is 0.278. The van der Waals surface area contributed by atoms with Crippen molar-refractivity contribution >= 4 is 38.6 Å². The van der Waals surface area contributed by atoms with Crippen LogP contribution in [-0.2, 0) is 19.6 Å². The number of esters is 1. The second-order valence-electron chi connectivity index (χ2n) is 5.47. The van der Waals surface area contributed by atoms with Crippen molar-refractivity contribution in [2.24, 2.45) is 0 Å². The molecule has 0 amide bonds. The van der Waals surface area contributed by atoms with Crippen LogP contribution in [0, 0.1) is 6.92 Å². The molecule has 2 aromatic carbocycles. The molecule has 1 heterocycles. The van der Waals surface area contributed by atoms with Gasteiger partial charge in [-0.1, -0.05) is 70.6 Å². The molecule has 2 aromatic rings. The SMILES string of the molecule is CI.COC(=O)C1C(c2ccccc2)N1S(=O)(=O)c1ccc(C)cc1. The highest BCUT2D eigenvalue weighted by Crippen LogP contribution is 2.48. The van der Waals surface area contributed by atoms with Gasteiger partial charge in [0.15, 0.2) is 0 Å². The van der Waals surface area contributed by atoms with Crippen molar-refractivity contribution in [2.45, 2.75) is 23.9 Å². The zero-order valence-electron chi connectivity index (χ0n) is 14.2. The molecule has 25 heavy (non-hydrogen) atoms. The molecular formula is C18H20INO4S. The van der Waals surface area contributed by atoms with Crippen LogP contribution in [0.5, 0.6) is 0 Å². The Morgan fingerprint density at radius 1 is 1.04 bits per heavy atom. The molecule has 0 aromatic heterocycles. The van der Waals surface area contributed by atoms with Crippen molar-refractivity contribution in [3.8, 4) is 0 Å². The van der Waals surface area contributed by atoms with Crippen LogP contribution in [0.3, 0.4) is 0 Å². The second-order valence-corrected chi connectivity index (χ2v) is 7.31. The summed E-state index contributed by atoms with van der Waals surface area (Å²) in [6.45, 7) is 1.89. The lowest BCUT2D eigenvalue weighted by atomic mass is 10.1. The lowest BCUT2D eigenvalue weighted by molar-refractivity contribution is -0.140. The minimum atomic E-state index is -3.75. The van der Waals surface area contributed by atoms with E-state index in [-0.39, 0.29) is 4.90 Å². The summed E-state index contributed by atoms with van der Waals surface area (Å²) in [5, 5.41) is 0. The first kappa shape index (κ1) is 19.9. The molecule has 3 unspecified atom stereocenters. The van der Waals surface area contributed by atoms with Crippen LogP contribution in [0.1, 0.15) is 17.2 Å². The lowest BCUT2D eigenvalue weighted by Crippen LogP contribution is -2.20. The third kappa shape index (κ3) is 4.04. The average molecular weight is 473 g/mol. The van der Waals surface area contributed by atoms with Gasteiger partial charge >= 0.3 is 5.97 Å². The van der Waals surface area contributed by atoms with E-state index < -0.39 is 28.1 Å². The highest BCUT2D eigenvalue weighted by atomic mass is 127. The van der Waals surface area contributed by atoms with Gasteiger partial charge in [0.25, 0.3) is 0 Å². The van der Waals surface area contributed by atoms with E-state index in [1.54, 1.807) is 24.3 Å². The Labute approximate surface area is 162 Å². The summed E-state index contributed by atoms with van der Waals surface area (Å²) >= 11 is 2.15. The number of halogens is 1. The van der Waals surface area contributed by atoms with Gasteiger partial charge in [-0.25, -0.2) is 8.42 Å². The summed E-state index contributed by atoms with van der Waals surface area (Å²) < 4.78 is 31.6. The molecule has 1 aliphatic heterocycles. The molecule has 0 spiro atoms. The van der Waals surface area contributed by atoms with E-state index in [9.17, 15) is 13.2 Å². The van der Waals surface area contributed by atoms with Crippen molar-refractivity contribution in [3.05, 3.63) is 65.7 Å². The van der Waals surface area contributed by atoms with Crippen LogP contribution in [0.25, 0.3) is 0 Å². The summed E-state index contributed by atoms with van der Waals surface area (Å²) in [5.74, 6) is -0.547. The van der Waals surface area contributed by atoms with Crippen molar-refractivity contribution in [3.63, 3.8) is 0 Å². The van der Waals surface area contributed by atoms with E-state index in [2.05, 4.69) is 22.6 Å². The first-order chi connectivity index (χ1) is 12.0. The summed E-state index contributed by atoms with van der Waals surface area (Å²) in [4.78, 5) is 14.1. The van der Waals surface area contributed by atoms with Crippen molar-refractivity contribution < 1.29 is 17.9 Å². The molecule has 0 bridgehead atoms. The predicted molar refractivity (Wildman–Crippen MR) is 105 cm³/mol. The molecule has 1 aliphatic rings. The van der Waals surface area contributed by atoms with Crippen LogP contribution in [0.4, 0.5) is 0 Å². The highest BCUT2D eigenvalue weighted by Gasteiger charge is 2.61. The molecule has 7 heteroatoms. The summed E-state index contributed by atoms with van der Waals surface area (Å²) in [7, 11) is -2.49. The Hall–Kier alpha value is -1.45. The summed E-state index contributed by atoms with van der Waals surface area (Å²) in [5.41, 5.74) is 1.75. The van der Waals surface area contributed by atoms with E-state index >= 15 is 0 Å². The van der Waals surface area contributed by atoms with Crippen LogP contribution in [0.15, 0.2) is 59.5 Å². The molecule has 0 N–H and O–H groups in total. The maximum atomic E-state index is 12.8. The molecule has 0 saturated carbocycles. The number of hydrogen-bond acceptors (Lipinski definition) is 4. The number of rotatable bonds is 4. The van der Waals surface area contributed by atoms with Crippen LogP contribution < -0.4 is 0 Å². The van der Waals surface area contributed by atoms with Crippen LogP contribution >= 0.6 is 22.6 Å². The largest absolute Gasteiger partial charge is 0.468 e. The van der Waals surface area contributed by atoms with E-state index in [4.69, 9.17) is 4.74 Å². The zero-order chi connectivity index (χ0) is 18.6. The van der Waals surface area contributed by atoms with Gasteiger partial charge in [0.2, 0.25) is 10.0 Å². The van der Waals surface area contributed by atoms with E-state index in [1.165, 1.54) is 11.4 Å². The Morgan fingerprint density at radius 3 is 2.12 bits per heavy atom. The minimum Gasteiger partial charge on any atom is -0.468 e. The van der Waals surface area contributed by atoms with Crippen molar-refractivity contribution in [2.75, 3.05) is 12.0 Å². The van der Waals surface area contributed by atoms with Gasteiger partial charge in [0.05, 0.1) is 18.0 Å². The second kappa shape index (κ2) is 8.29. The molecule has 5 nitrogen and oxygen atoms in total. The van der Waals surface area contributed by atoms with Crippen LogP contribution in [-0.4, -0.2) is 36.8 Å².